The van der Waals surface area contributed by atoms with Gasteiger partial charge in [0.25, 0.3) is 0 Å². The minimum atomic E-state index is 0. The van der Waals surface area contributed by atoms with E-state index < -0.39 is 0 Å². The van der Waals surface area contributed by atoms with Gasteiger partial charge in [-0.2, -0.15) is 24.1 Å². The summed E-state index contributed by atoms with van der Waals surface area (Å²) in [5.41, 5.74) is 1.35. The Morgan fingerprint density at radius 3 is 1.68 bits per heavy atom. The second-order valence-electron chi connectivity index (χ2n) is 4.52. The van der Waals surface area contributed by atoms with E-state index in [1.165, 1.54) is 18.4 Å². The molecule has 0 aromatic heterocycles. The molecule has 19 heavy (non-hydrogen) atoms. The third-order valence-electron chi connectivity index (χ3n) is 2.92. The average Bonchev–Trinajstić information content (AvgIpc) is 2.48. The molecule has 0 saturated carbocycles. The van der Waals surface area contributed by atoms with Crippen molar-refractivity contribution in [2.24, 2.45) is 5.92 Å². The minimum Gasteiger partial charge on any atom is -0.192 e. The number of hydrogen-bond donors (Lipinski definition) is 0. The molecular weight excluding hydrogens is 223 g/mol. The molecule has 1 heteroatoms. The van der Waals surface area contributed by atoms with Crippen LogP contribution in [0.25, 0.3) is 0 Å². The van der Waals surface area contributed by atoms with Gasteiger partial charge in [-0.3, -0.25) is 0 Å². The van der Waals surface area contributed by atoms with Crippen LogP contribution in [-0.2, 0) is 0 Å². The van der Waals surface area contributed by atoms with Gasteiger partial charge in [-0.25, -0.2) is 0 Å². The summed E-state index contributed by atoms with van der Waals surface area (Å²) in [6.45, 7) is 4.53. The van der Waals surface area contributed by atoms with Crippen LogP contribution in [0, 0.1) is 12.3 Å². The predicted octanol–water partition coefficient (Wildman–Crippen LogP) is 2.37. The van der Waals surface area contributed by atoms with E-state index in [0.717, 1.165) is 5.92 Å². The van der Waals surface area contributed by atoms with Crippen LogP contribution in [0.3, 0.4) is 0 Å². The van der Waals surface area contributed by atoms with Crippen LogP contribution in [0.2, 0.25) is 0 Å². The summed E-state index contributed by atoms with van der Waals surface area (Å²) in [6, 6.07) is 22.5. The number of benzene rings is 2. The van der Waals surface area contributed by atoms with Crippen LogP contribution in [0.4, 0.5) is 0 Å². The van der Waals surface area contributed by atoms with Crippen molar-refractivity contribution >= 4 is 0 Å². The van der Waals surface area contributed by atoms with Crippen LogP contribution in [0.15, 0.2) is 66.7 Å². The fraction of sp³-hybridized carbons (Fsp3) is 0.278. The third kappa shape index (κ3) is 9.48. The number of hydrogen-bond acceptors (Lipinski definition) is 0. The van der Waals surface area contributed by atoms with E-state index in [-0.39, 0.29) is 18.9 Å². The predicted molar refractivity (Wildman–Crippen MR) is 80.4 cm³/mol. The van der Waals surface area contributed by atoms with Gasteiger partial charge in [-0.15, -0.1) is 12.1 Å². The van der Waals surface area contributed by atoms with E-state index in [2.05, 4.69) is 50.6 Å². The molecule has 0 aliphatic carbocycles. The van der Waals surface area contributed by atoms with E-state index in [1.807, 2.05) is 36.4 Å². The summed E-state index contributed by atoms with van der Waals surface area (Å²) >= 11 is 0. The zero-order valence-corrected chi connectivity index (χ0v) is 12.4. The molecule has 0 aliphatic heterocycles. The second-order valence-corrected chi connectivity index (χ2v) is 4.52. The first kappa shape index (κ1) is 17.9. The maximum atomic E-state index is 2.31. The second kappa shape index (κ2) is 12.0. The minimum absolute atomic E-state index is 0. The van der Waals surface area contributed by atoms with Crippen molar-refractivity contribution in [1.82, 2.24) is 0 Å². The molecule has 0 radical (unpaired) electrons. The monoisotopic (exact) mass is 246 g/mol. The summed E-state index contributed by atoms with van der Waals surface area (Å²) in [7, 11) is 0. The quantitative estimate of drug-likeness (QED) is 0.574. The maximum absolute atomic E-state index is 2.31. The van der Waals surface area contributed by atoms with Crippen molar-refractivity contribution in [1.29, 1.82) is 0 Å². The molecule has 0 bridgehead atoms. The molecular formula is C18H23Li. The molecule has 0 N–H and O–H groups in total. The summed E-state index contributed by atoms with van der Waals surface area (Å²) < 4.78 is 0. The van der Waals surface area contributed by atoms with E-state index in [4.69, 9.17) is 0 Å². The van der Waals surface area contributed by atoms with Gasteiger partial charge in [0.15, 0.2) is 0 Å². The van der Waals surface area contributed by atoms with Crippen molar-refractivity contribution in [3.8, 4) is 0 Å². The summed E-state index contributed by atoms with van der Waals surface area (Å²) in [5.74, 6) is 0.810. The molecule has 0 nitrogen and oxygen atoms in total. The van der Waals surface area contributed by atoms with E-state index in [0.29, 0.717) is 0 Å². The molecule has 1 atom stereocenters. The first-order valence-corrected chi connectivity index (χ1v) is 6.71. The van der Waals surface area contributed by atoms with Crippen LogP contribution >= 0.6 is 0 Å². The van der Waals surface area contributed by atoms with Gasteiger partial charge in [0, 0.05) is 0 Å². The molecule has 0 saturated heterocycles. The Morgan fingerprint density at radius 2 is 1.26 bits per heavy atom. The topological polar surface area (TPSA) is 0 Å². The Balaban J connectivity index is 0.000000392. The Labute approximate surface area is 130 Å². The molecule has 2 aromatic carbocycles. The third-order valence-corrected chi connectivity index (χ3v) is 2.92. The maximum Gasteiger partial charge on any atom is 1.00 e. The van der Waals surface area contributed by atoms with Crippen LogP contribution < -0.4 is 18.9 Å². The average molecular weight is 246 g/mol. The first-order valence-electron chi connectivity index (χ1n) is 6.71. The molecule has 0 amide bonds. The van der Waals surface area contributed by atoms with E-state index >= 15 is 0 Å². The van der Waals surface area contributed by atoms with Crippen LogP contribution in [0.1, 0.15) is 32.3 Å². The summed E-state index contributed by atoms with van der Waals surface area (Å²) in [6.07, 6.45) is 4.78. The molecule has 2 rings (SSSR count). The molecule has 0 aliphatic rings. The van der Waals surface area contributed by atoms with E-state index in [9.17, 15) is 0 Å². The van der Waals surface area contributed by atoms with Gasteiger partial charge in [0.1, 0.15) is 0 Å². The Hall–Kier alpha value is -1.09. The normalized spacial score (nSPS) is 10.4. The zero-order chi connectivity index (χ0) is 13.1. The van der Waals surface area contributed by atoms with E-state index in [1.54, 1.807) is 0 Å². The van der Waals surface area contributed by atoms with Crippen molar-refractivity contribution in [2.75, 3.05) is 0 Å². The van der Waals surface area contributed by atoms with Gasteiger partial charge in [-0.1, -0.05) is 75.1 Å². The SMILES string of the molecule is CCC(C)C[CH-]c1ccccc1.[Li+].c1ccccc1. The summed E-state index contributed by atoms with van der Waals surface area (Å²) in [5, 5.41) is 0. The van der Waals surface area contributed by atoms with Gasteiger partial charge >= 0.3 is 18.9 Å². The smallest absolute Gasteiger partial charge is 0.192 e. The summed E-state index contributed by atoms with van der Waals surface area (Å²) in [4.78, 5) is 0. The van der Waals surface area contributed by atoms with Crippen molar-refractivity contribution in [2.45, 2.75) is 26.7 Å². The van der Waals surface area contributed by atoms with Gasteiger partial charge in [0.05, 0.1) is 0 Å². The fourth-order valence-corrected chi connectivity index (χ4v) is 1.48. The Morgan fingerprint density at radius 1 is 0.842 bits per heavy atom. The molecule has 96 valence electrons. The Bertz CT molecular complexity index is 356. The molecule has 0 heterocycles. The molecule has 1 unspecified atom stereocenters. The standard InChI is InChI=1S/C12H17.C6H6.Li/c1-3-11(2)9-10-12-7-5-4-6-8-12;1-2-4-6-5-3-1;/h4-8,10-11H,3,9H2,1-2H3;1-6H;/q-1;;+1. The van der Waals surface area contributed by atoms with Crippen molar-refractivity contribution in [3.63, 3.8) is 0 Å². The fourth-order valence-electron chi connectivity index (χ4n) is 1.48. The largest absolute Gasteiger partial charge is 1.00 e. The number of rotatable bonds is 4. The van der Waals surface area contributed by atoms with Crippen LogP contribution in [0.5, 0.6) is 0 Å². The first-order chi connectivity index (χ1) is 8.83. The molecule has 0 spiro atoms. The van der Waals surface area contributed by atoms with Gasteiger partial charge < -0.3 is 0 Å². The zero-order valence-electron chi connectivity index (χ0n) is 12.4. The Kier molecular flexibility index (Phi) is 11.3. The molecule has 0 fully saturated rings. The van der Waals surface area contributed by atoms with Gasteiger partial charge in [0.2, 0.25) is 0 Å². The van der Waals surface area contributed by atoms with Crippen molar-refractivity contribution < 1.29 is 18.9 Å². The van der Waals surface area contributed by atoms with Crippen LogP contribution in [-0.4, -0.2) is 0 Å². The molecule has 2 aromatic rings. The van der Waals surface area contributed by atoms with Gasteiger partial charge in [-0.05, 0) is 0 Å². The van der Waals surface area contributed by atoms with Crippen molar-refractivity contribution in [3.05, 3.63) is 78.7 Å².